The first-order chi connectivity index (χ1) is 14.0. The summed E-state index contributed by atoms with van der Waals surface area (Å²) in [5, 5.41) is 15.9. The Hall–Kier alpha value is -2.93. The van der Waals surface area contributed by atoms with Gasteiger partial charge in [-0.05, 0) is 55.2 Å². The van der Waals surface area contributed by atoms with Crippen molar-refractivity contribution in [3.8, 4) is 0 Å². The van der Waals surface area contributed by atoms with Gasteiger partial charge in [-0.3, -0.25) is 9.59 Å². The Morgan fingerprint density at radius 2 is 1.62 bits per heavy atom. The molecule has 2 amide bonds. The molecule has 2 aromatic carbocycles. The Labute approximate surface area is 178 Å². The summed E-state index contributed by atoms with van der Waals surface area (Å²) in [6.45, 7) is 0.381. The van der Waals surface area contributed by atoms with Crippen molar-refractivity contribution in [2.45, 2.75) is 25.7 Å². The van der Waals surface area contributed by atoms with Crippen LogP contribution in [0.25, 0.3) is 6.08 Å². The topological polar surface area (TPSA) is 98.3 Å². The summed E-state index contributed by atoms with van der Waals surface area (Å²) < 4.78 is 0.852. The number of unbranched alkanes of at least 4 members (excludes halogenated alkanes) is 2. The molecule has 0 heterocycles. The highest BCUT2D eigenvalue weighted by atomic mass is 79.9. The molecule has 0 radical (unpaired) electrons. The van der Waals surface area contributed by atoms with E-state index in [2.05, 4.69) is 26.6 Å². The van der Waals surface area contributed by atoms with Crippen LogP contribution in [-0.4, -0.2) is 24.3 Å². The molecule has 152 valence electrons. The molecule has 2 N–H and O–H groups in total. The Morgan fingerprint density at radius 3 is 2.28 bits per heavy atom. The number of halogens is 1. The van der Waals surface area contributed by atoms with E-state index in [9.17, 15) is 19.5 Å². The van der Waals surface area contributed by atoms with Crippen molar-refractivity contribution in [1.29, 1.82) is 0 Å². The van der Waals surface area contributed by atoms with Gasteiger partial charge in [-0.2, -0.15) is 0 Å². The van der Waals surface area contributed by atoms with Gasteiger partial charge in [0.05, 0.1) is 0 Å². The molecule has 6 nitrogen and oxygen atoms in total. The number of carbonyl (C=O) groups excluding carboxylic acids is 3. The van der Waals surface area contributed by atoms with Crippen molar-refractivity contribution in [2.24, 2.45) is 0 Å². The van der Waals surface area contributed by atoms with E-state index in [4.69, 9.17) is 0 Å². The van der Waals surface area contributed by atoms with Crippen LogP contribution in [0, 0.1) is 0 Å². The molecule has 2 aromatic rings. The molecule has 0 atom stereocenters. The molecule has 0 bridgehead atoms. The lowest BCUT2D eigenvalue weighted by molar-refractivity contribution is -0.305. The average molecular weight is 458 g/mol. The molecule has 0 saturated carbocycles. The summed E-state index contributed by atoms with van der Waals surface area (Å²) in [6, 6.07) is 16.0. The third-order valence-electron chi connectivity index (χ3n) is 4.05. The van der Waals surface area contributed by atoms with E-state index in [1.807, 2.05) is 30.3 Å². The van der Waals surface area contributed by atoms with E-state index in [-0.39, 0.29) is 18.0 Å². The molecular formula is C22H22BrN2O4-. The lowest BCUT2D eigenvalue weighted by Crippen LogP contribution is -2.35. The van der Waals surface area contributed by atoms with Gasteiger partial charge in [0, 0.05) is 22.6 Å². The number of carboxylic acid groups (broad SMARTS) is 1. The third-order valence-corrected chi connectivity index (χ3v) is 4.58. The minimum absolute atomic E-state index is 0.0103. The maximum absolute atomic E-state index is 12.6. The van der Waals surface area contributed by atoms with E-state index in [1.165, 1.54) is 0 Å². The maximum Gasteiger partial charge on any atom is 0.267 e. The minimum Gasteiger partial charge on any atom is -0.550 e. The predicted octanol–water partition coefficient (Wildman–Crippen LogP) is 2.65. The van der Waals surface area contributed by atoms with Gasteiger partial charge in [0.2, 0.25) is 0 Å². The summed E-state index contributed by atoms with van der Waals surface area (Å²) >= 11 is 3.32. The average Bonchev–Trinajstić information content (AvgIpc) is 2.71. The number of carboxylic acids is 1. The molecule has 0 aromatic heterocycles. The van der Waals surface area contributed by atoms with Gasteiger partial charge < -0.3 is 20.5 Å². The zero-order chi connectivity index (χ0) is 21.1. The van der Waals surface area contributed by atoms with Gasteiger partial charge in [-0.15, -0.1) is 0 Å². The van der Waals surface area contributed by atoms with Gasteiger partial charge in [-0.1, -0.05) is 52.7 Å². The fourth-order valence-corrected chi connectivity index (χ4v) is 2.80. The van der Waals surface area contributed by atoms with E-state index in [0.717, 1.165) is 10.0 Å². The van der Waals surface area contributed by atoms with Gasteiger partial charge in [0.25, 0.3) is 11.8 Å². The van der Waals surface area contributed by atoms with Gasteiger partial charge in [-0.25, -0.2) is 0 Å². The molecule has 0 unspecified atom stereocenters. The molecule has 0 aliphatic heterocycles. The molecule has 0 aliphatic carbocycles. The number of nitrogens with one attached hydrogen (secondary N) is 2. The number of rotatable bonds is 10. The molecule has 7 heteroatoms. The molecule has 0 saturated heterocycles. The molecule has 29 heavy (non-hydrogen) atoms. The van der Waals surface area contributed by atoms with Crippen molar-refractivity contribution >= 4 is 39.8 Å². The third kappa shape index (κ3) is 8.31. The van der Waals surface area contributed by atoms with Gasteiger partial charge in [0.15, 0.2) is 0 Å². The predicted molar refractivity (Wildman–Crippen MR) is 113 cm³/mol. The lowest BCUT2D eigenvalue weighted by Gasteiger charge is -2.11. The van der Waals surface area contributed by atoms with Gasteiger partial charge in [0.1, 0.15) is 5.70 Å². The SMILES string of the molecule is O=C([O-])CCCCCNC(=O)/C(=C/c1ccccc1)NC(=O)c1ccc(Br)cc1. The zero-order valence-electron chi connectivity index (χ0n) is 15.8. The second-order valence-corrected chi connectivity index (χ2v) is 7.28. The van der Waals surface area contributed by atoms with E-state index in [1.54, 1.807) is 30.3 Å². The van der Waals surface area contributed by atoms with Crippen molar-refractivity contribution in [3.05, 3.63) is 75.9 Å². The monoisotopic (exact) mass is 457 g/mol. The van der Waals surface area contributed by atoms with Crippen LogP contribution in [0.4, 0.5) is 0 Å². The summed E-state index contributed by atoms with van der Waals surface area (Å²) in [5.74, 6) is -1.86. The standard InChI is InChI=1S/C22H23BrN2O4/c23-18-12-10-17(11-13-18)21(28)25-19(15-16-7-3-1-4-8-16)22(29)24-14-6-2-5-9-20(26)27/h1,3-4,7-8,10-13,15H,2,5-6,9,14H2,(H,24,29)(H,25,28)(H,26,27)/p-1/b19-15-. The first-order valence-electron chi connectivity index (χ1n) is 9.27. The molecule has 2 rings (SSSR count). The molecule has 0 spiro atoms. The number of hydrogen-bond donors (Lipinski definition) is 2. The van der Waals surface area contributed by atoms with Crippen LogP contribution in [0.1, 0.15) is 41.6 Å². The number of amides is 2. The second-order valence-electron chi connectivity index (χ2n) is 6.37. The molecule has 0 fully saturated rings. The number of benzene rings is 2. The summed E-state index contributed by atoms with van der Waals surface area (Å²) in [4.78, 5) is 35.5. The van der Waals surface area contributed by atoms with Gasteiger partial charge >= 0.3 is 0 Å². The van der Waals surface area contributed by atoms with Crippen LogP contribution in [0.5, 0.6) is 0 Å². The number of aliphatic carboxylic acids is 1. The number of hydrogen-bond acceptors (Lipinski definition) is 4. The highest BCUT2D eigenvalue weighted by Gasteiger charge is 2.14. The fraction of sp³-hybridized carbons (Fsp3) is 0.227. The molecule has 0 aliphatic rings. The van der Waals surface area contributed by atoms with Crippen LogP contribution in [0.3, 0.4) is 0 Å². The summed E-state index contributed by atoms with van der Waals surface area (Å²) in [7, 11) is 0. The zero-order valence-corrected chi connectivity index (χ0v) is 17.4. The van der Waals surface area contributed by atoms with E-state index < -0.39 is 11.9 Å². The van der Waals surface area contributed by atoms with Crippen molar-refractivity contribution in [3.63, 3.8) is 0 Å². The largest absolute Gasteiger partial charge is 0.550 e. The quantitative estimate of drug-likeness (QED) is 0.423. The van der Waals surface area contributed by atoms with Crippen LogP contribution >= 0.6 is 15.9 Å². The first kappa shape index (κ1) is 22.4. The second kappa shape index (κ2) is 11.8. The Bertz CT molecular complexity index is 864. The van der Waals surface area contributed by atoms with Crippen LogP contribution in [0.15, 0.2) is 64.8 Å². The Balaban J connectivity index is 2.02. The van der Waals surface area contributed by atoms with E-state index in [0.29, 0.717) is 31.4 Å². The van der Waals surface area contributed by atoms with E-state index >= 15 is 0 Å². The van der Waals surface area contributed by atoms with Crippen molar-refractivity contribution < 1.29 is 19.5 Å². The Morgan fingerprint density at radius 1 is 0.931 bits per heavy atom. The Kier molecular flexibility index (Phi) is 9.11. The van der Waals surface area contributed by atoms with Crippen molar-refractivity contribution in [1.82, 2.24) is 10.6 Å². The lowest BCUT2D eigenvalue weighted by atomic mass is 10.1. The fourth-order valence-electron chi connectivity index (χ4n) is 2.54. The highest BCUT2D eigenvalue weighted by molar-refractivity contribution is 9.10. The van der Waals surface area contributed by atoms with Crippen LogP contribution < -0.4 is 15.7 Å². The summed E-state index contributed by atoms with van der Waals surface area (Å²) in [6.07, 6.45) is 3.43. The highest BCUT2D eigenvalue weighted by Crippen LogP contribution is 2.12. The minimum atomic E-state index is -1.07. The number of carbonyl (C=O) groups is 3. The normalized spacial score (nSPS) is 11.0. The smallest absolute Gasteiger partial charge is 0.267 e. The summed E-state index contributed by atoms with van der Waals surface area (Å²) in [5.41, 5.74) is 1.35. The molecular weight excluding hydrogens is 436 g/mol. The van der Waals surface area contributed by atoms with Crippen LogP contribution in [-0.2, 0) is 9.59 Å². The first-order valence-corrected chi connectivity index (χ1v) is 10.1. The maximum atomic E-state index is 12.6. The van der Waals surface area contributed by atoms with Crippen LogP contribution in [0.2, 0.25) is 0 Å². The van der Waals surface area contributed by atoms with Crippen molar-refractivity contribution in [2.75, 3.05) is 6.54 Å².